The van der Waals surface area contributed by atoms with E-state index in [1.807, 2.05) is 0 Å². The van der Waals surface area contributed by atoms with E-state index < -0.39 is 0 Å². The first-order chi connectivity index (χ1) is 10.1. The van der Waals surface area contributed by atoms with Crippen LogP contribution in [-0.4, -0.2) is 33.1 Å². The summed E-state index contributed by atoms with van der Waals surface area (Å²) in [5, 5.41) is 4.65. The number of carbonyl (C=O) groups excluding carboxylic acids is 1. The van der Waals surface area contributed by atoms with Crippen molar-refractivity contribution >= 4 is 5.78 Å². The Balaban J connectivity index is 2.13. The lowest BCUT2D eigenvalue weighted by Crippen LogP contribution is -2.36. The quantitative estimate of drug-likeness (QED) is 0.808. The molecule has 1 aliphatic rings. The number of hydrogen-bond donors (Lipinski definition) is 0. The van der Waals surface area contributed by atoms with Crippen LogP contribution in [0.3, 0.4) is 0 Å². The molecule has 0 aromatic carbocycles. The number of aromatic nitrogens is 2. The summed E-state index contributed by atoms with van der Waals surface area (Å²) in [7, 11) is 0. The highest BCUT2D eigenvalue weighted by molar-refractivity contribution is 5.76. The van der Waals surface area contributed by atoms with Gasteiger partial charge in [-0.15, -0.1) is 0 Å². The summed E-state index contributed by atoms with van der Waals surface area (Å²) in [6.45, 7) is 8.96. The van der Waals surface area contributed by atoms with Crippen molar-refractivity contribution in [2.75, 3.05) is 6.54 Å². The van der Waals surface area contributed by atoms with E-state index in [1.165, 1.54) is 30.7 Å². The minimum absolute atomic E-state index is 0.310. The Morgan fingerprint density at radius 1 is 1.33 bits per heavy atom. The standard InChI is InChI=1S/C17H29N3O/c1-4-15-12-17(20(5-2)18-15)13-19-10-8-6-7-9-16(19)11-14(3)21/h12,16H,4-11,13H2,1-3H3. The molecule has 1 unspecified atom stereocenters. The molecule has 118 valence electrons. The van der Waals surface area contributed by atoms with Gasteiger partial charge >= 0.3 is 0 Å². The Kier molecular flexibility index (Phi) is 5.97. The van der Waals surface area contributed by atoms with Crippen LogP contribution in [0.1, 0.15) is 64.3 Å². The van der Waals surface area contributed by atoms with Crippen molar-refractivity contribution in [2.45, 2.75) is 78.4 Å². The summed E-state index contributed by atoms with van der Waals surface area (Å²) < 4.78 is 2.12. The fourth-order valence-corrected chi connectivity index (χ4v) is 3.30. The number of aryl methyl sites for hydroxylation is 2. The van der Waals surface area contributed by atoms with Crippen LogP contribution in [0.25, 0.3) is 0 Å². The maximum atomic E-state index is 11.6. The van der Waals surface area contributed by atoms with Gasteiger partial charge in [-0.2, -0.15) is 5.10 Å². The number of hydrogen-bond acceptors (Lipinski definition) is 3. The van der Waals surface area contributed by atoms with E-state index >= 15 is 0 Å². The molecular weight excluding hydrogens is 262 g/mol. The van der Waals surface area contributed by atoms with Gasteiger partial charge in [0.2, 0.25) is 0 Å². The van der Waals surface area contributed by atoms with E-state index in [0.29, 0.717) is 18.2 Å². The molecule has 0 aliphatic carbocycles. The van der Waals surface area contributed by atoms with Gasteiger partial charge in [-0.25, -0.2) is 0 Å². The van der Waals surface area contributed by atoms with Gasteiger partial charge in [0.1, 0.15) is 5.78 Å². The fraction of sp³-hybridized carbons (Fsp3) is 0.765. The Morgan fingerprint density at radius 3 is 2.81 bits per heavy atom. The van der Waals surface area contributed by atoms with Gasteiger partial charge in [0.05, 0.1) is 11.4 Å². The smallest absolute Gasteiger partial charge is 0.131 e. The minimum Gasteiger partial charge on any atom is -0.300 e. The van der Waals surface area contributed by atoms with Crippen LogP contribution in [0, 0.1) is 0 Å². The fourth-order valence-electron chi connectivity index (χ4n) is 3.30. The molecule has 2 rings (SSSR count). The average molecular weight is 291 g/mol. The lowest BCUT2D eigenvalue weighted by Gasteiger charge is -2.29. The lowest BCUT2D eigenvalue weighted by atomic mass is 10.0. The summed E-state index contributed by atoms with van der Waals surface area (Å²) in [6, 6.07) is 2.65. The zero-order valence-corrected chi connectivity index (χ0v) is 13.8. The van der Waals surface area contributed by atoms with Crippen molar-refractivity contribution in [1.29, 1.82) is 0 Å². The van der Waals surface area contributed by atoms with Crippen molar-refractivity contribution in [3.05, 3.63) is 17.5 Å². The van der Waals surface area contributed by atoms with Crippen LogP contribution in [0.5, 0.6) is 0 Å². The van der Waals surface area contributed by atoms with Crippen LogP contribution >= 0.6 is 0 Å². The predicted octanol–water partition coefficient (Wildman–Crippen LogP) is 3.19. The maximum absolute atomic E-state index is 11.6. The second kappa shape index (κ2) is 7.74. The molecule has 1 atom stereocenters. The second-order valence-corrected chi connectivity index (χ2v) is 6.18. The van der Waals surface area contributed by atoms with Crippen LogP contribution in [0.4, 0.5) is 0 Å². The Morgan fingerprint density at radius 2 is 2.14 bits per heavy atom. The summed E-state index contributed by atoms with van der Waals surface area (Å²) in [5.74, 6) is 0.310. The van der Waals surface area contributed by atoms with E-state index in [1.54, 1.807) is 6.92 Å². The zero-order valence-electron chi connectivity index (χ0n) is 13.8. The van der Waals surface area contributed by atoms with E-state index in [0.717, 1.165) is 32.5 Å². The van der Waals surface area contributed by atoms with Gasteiger partial charge in [0, 0.05) is 25.6 Å². The number of nitrogens with zero attached hydrogens (tertiary/aromatic N) is 3. The highest BCUT2D eigenvalue weighted by Crippen LogP contribution is 2.22. The third-order valence-corrected chi connectivity index (χ3v) is 4.46. The van der Waals surface area contributed by atoms with Gasteiger partial charge in [-0.1, -0.05) is 19.8 Å². The highest BCUT2D eigenvalue weighted by atomic mass is 16.1. The topological polar surface area (TPSA) is 38.1 Å². The van der Waals surface area contributed by atoms with Gasteiger partial charge in [-0.3, -0.25) is 14.4 Å². The van der Waals surface area contributed by atoms with Crippen molar-refractivity contribution in [3.8, 4) is 0 Å². The third kappa shape index (κ3) is 4.40. The Hall–Kier alpha value is -1.16. The molecule has 0 radical (unpaired) electrons. The monoisotopic (exact) mass is 291 g/mol. The molecule has 1 saturated heterocycles. The Bertz CT molecular complexity index is 467. The molecule has 1 aromatic rings. The van der Waals surface area contributed by atoms with Crippen molar-refractivity contribution in [1.82, 2.24) is 14.7 Å². The summed E-state index contributed by atoms with van der Waals surface area (Å²) in [4.78, 5) is 14.1. The predicted molar refractivity (Wildman–Crippen MR) is 85.2 cm³/mol. The van der Waals surface area contributed by atoms with Crippen LogP contribution in [-0.2, 0) is 24.3 Å². The molecule has 0 N–H and O–H groups in total. The van der Waals surface area contributed by atoms with Crippen molar-refractivity contribution < 1.29 is 4.79 Å². The third-order valence-electron chi connectivity index (χ3n) is 4.46. The number of rotatable bonds is 6. The van der Waals surface area contributed by atoms with E-state index in [9.17, 15) is 4.79 Å². The van der Waals surface area contributed by atoms with Crippen molar-refractivity contribution in [2.24, 2.45) is 0 Å². The number of ketones is 1. The first-order valence-electron chi connectivity index (χ1n) is 8.43. The molecule has 4 heteroatoms. The molecule has 1 aliphatic heterocycles. The summed E-state index contributed by atoms with van der Waals surface area (Å²) >= 11 is 0. The molecule has 0 amide bonds. The van der Waals surface area contributed by atoms with E-state index in [4.69, 9.17) is 0 Å². The molecular formula is C17H29N3O. The van der Waals surface area contributed by atoms with Crippen LogP contribution in [0.15, 0.2) is 6.07 Å². The normalized spacial score (nSPS) is 20.4. The van der Waals surface area contributed by atoms with Gasteiger partial charge in [-0.05, 0) is 45.7 Å². The molecule has 2 heterocycles. The summed E-state index contributed by atoms with van der Waals surface area (Å²) in [5.41, 5.74) is 2.47. The highest BCUT2D eigenvalue weighted by Gasteiger charge is 2.23. The lowest BCUT2D eigenvalue weighted by molar-refractivity contribution is -0.118. The van der Waals surface area contributed by atoms with Gasteiger partial charge in [0.15, 0.2) is 0 Å². The molecule has 1 aromatic heterocycles. The largest absolute Gasteiger partial charge is 0.300 e. The minimum atomic E-state index is 0.310. The Labute approximate surface area is 128 Å². The molecule has 0 bridgehead atoms. The van der Waals surface area contributed by atoms with Crippen LogP contribution < -0.4 is 0 Å². The van der Waals surface area contributed by atoms with E-state index in [-0.39, 0.29) is 0 Å². The molecule has 0 spiro atoms. The molecule has 4 nitrogen and oxygen atoms in total. The maximum Gasteiger partial charge on any atom is 0.131 e. The molecule has 0 saturated carbocycles. The number of likely N-dealkylation sites (tertiary alicyclic amines) is 1. The first-order valence-corrected chi connectivity index (χ1v) is 8.43. The zero-order chi connectivity index (χ0) is 15.2. The van der Waals surface area contributed by atoms with Gasteiger partial charge in [0.25, 0.3) is 0 Å². The average Bonchev–Trinajstić information content (AvgIpc) is 2.73. The number of carbonyl (C=O) groups is 1. The first kappa shape index (κ1) is 16.2. The van der Waals surface area contributed by atoms with Crippen molar-refractivity contribution in [3.63, 3.8) is 0 Å². The number of Topliss-reactive ketones (excluding diaryl/α,β-unsaturated/α-hetero) is 1. The van der Waals surface area contributed by atoms with E-state index in [2.05, 4.69) is 34.6 Å². The molecule has 21 heavy (non-hydrogen) atoms. The summed E-state index contributed by atoms with van der Waals surface area (Å²) in [6.07, 6.45) is 6.62. The molecule has 1 fully saturated rings. The SMILES string of the molecule is CCc1cc(CN2CCCCCC2CC(C)=O)n(CC)n1. The second-order valence-electron chi connectivity index (χ2n) is 6.18. The van der Waals surface area contributed by atoms with Gasteiger partial charge < -0.3 is 0 Å². The van der Waals surface area contributed by atoms with Crippen LogP contribution in [0.2, 0.25) is 0 Å².